The summed E-state index contributed by atoms with van der Waals surface area (Å²) in [5.74, 6) is 0. The van der Waals surface area contributed by atoms with Crippen molar-refractivity contribution in [1.29, 1.82) is 0 Å². The first-order valence-electron chi connectivity index (χ1n) is 5.49. The largest absolute Gasteiger partial charge is 0.395 e. The molecule has 0 amide bonds. The van der Waals surface area contributed by atoms with Gasteiger partial charge in [-0.25, -0.2) is 0 Å². The van der Waals surface area contributed by atoms with E-state index in [2.05, 4.69) is 52.0 Å². The smallest absolute Gasteiger partial charge is 0.0576 e. The van der Waals surface area contributed by atoms with Crippen molar-refractivity contribution < 1.29 is 5.11 Å². The van der Waals surface area contributed by atoms with Gasteiger partial charge in [-0.15, -0.1) is 23.5 Å². The maximum Gasteiger partial charge on any atom is 0.0576 e. The van der Waals surface area contributed by atoms with Crippen molar-refractivity contribution in [2.45, 2.75) is 47.5 Å². The third-order valence-corrected chi connectivity index (χ3v) is 4.18. The zero-order valence-corrected chi connectivity index (χ0v) is 12.0. The van der Waals surface area contributed by atoms with E-state index in [4.69, 9.17) is 0 Å². The Hall–Kier alpha value is -0.120. The fourth-order valence-corrected chi connectivity index (χ4v) is 3.02. The summed E-state index contributed by atoms with van der Waals surface area (Å²) in [6, 6.07) is 8.57. The highest BCUT2D eigenvalue weighted by atomic mass is 32.2. The zero-order chi connectivity index (χ0) is 12.2. The average molecular weight is 256 g/mol. The van der Waals surface area contributed by atoms with Crippen LogP contribution in [0.2, 0.25) is 0 Å². The summed E-state index contributed by atoms with van der Waals surface area (Å²) >= 11 is 3.59. The van der Waals surface area contributed by atoms with Crippen molar-refractivity contribution >= 4 is 23.5 Å². The average Bonchev–Trinajstić information content (AvgIpc) is 2.20. The standard InChI is InChI=1S/C13H20OS2/c1-10(2)15-11-5-7-12(8-6-11)16-13(3,4)9-14/h5-8,10,14H,9H2,1-4H3. The van der Waals surface area contributed by atoms with Crippen molar-refractivity contribution in [3.05, 3.63) is 24.3 Å². The molecular formula is C13H20OS2. The maximum atomic E-state index is 9.20. The normalized spacial score (nSPS) is 12.1. The van der Waals surface area contributed by atoms with E-state index < -0.39 is 0 Å². The van der Waals surface area contributed by atoms with Gasteiger partial charge in [0.2, 0.25) is 0 Å². The Morgan fingerprint density at radius 1 is 1.12 bits per heavy atom. The molecule has 0 radical (unpaired) electrons. The number of rotatable bonds is 5. The van der Waals surface area contributed by atoms with Crippen LogP contribution in [-0.2, 0) is 0 Å². The van der Waals surface area contributed by atoms with Gasteiger partial charge in [0.15, 0.2) is 0 Å². The maximum absolute atomic E-state index is 9.20. The summed E-state index contributed by atoms with van der Waals surface area (Å²) in [4.78, 5) is 2.52. The van der Waals surface area contributed by atoms with Crippen molar-refractivity contribution in [2.75, 3.05) is 6.61 Å². The van der Waals surface area contributed by atoms with Crippen LogP contribution in [0.4, 0.5) is 0 Å². The highest BCUT2D eigenvalue weighted by Gasteiger charge is 2.17. The highest BCUT2D eigenvalue weighted by Crippen LogP contribution is 2.33. The summed E-state index contributed by atoms with van der Waals surface area (Å²) < 4.78 is -0.104. The van der Waals surface area contributed by atoms with Gasteiger partial charge in [-0.3, -0.25) is 0 Å². The SMILES string of the molecule is CC(C)Sc1ccc(SC(C)(C)CO)cc1. The zero-order valence-electron chi connectivity index (χ0n) is 10.4. The van der Waals surface area contributed by atoms with E-state index in [1.165, 1.54) is 9.79 Å². The number of hydrogen-bond acceptors (Lipinski definition) is 3. The van der Waals surface area contributed by atoms with E-state index in [1.807, 2.05) is 11.8 Å². The minimum atomic E-state index is -0.104. The molecule has 1 rings (SSSR count). The van der Waals surface area contributed by atoms with Crippen molar-refractivity contribution in [1.82, 2.24) is 0 Å². The Bertz CT molecular complexity index is 317. The minimum absolute atomic E-state index is 0.104. The molecule has 0 unspecified atom stereocenters. The summed E-state index contributed by atoms with van der Waals surface area (Å²) in [6.45, 7) is 8.69. The first-order chi connectivity index (χ1) is 7.43. The molecule has 0 aromatic heterocycles. The second kappa shape index (κ2) is 5.99. The van der Waals surface area contributed by atoms with Gasteiger partial charge in [0.05, 0.1) is 6.61 Å². The lowest BCUT2D eigenvalue weighted by atomic mass is 10.2. The molecule has 0 saturated heterocycles. The lowest BCUT2D eigenvalue weighted by Gasteiger charge is -2.20. The molecular weight excluding hydrogens is 236 g/mol. The summed E-state index contributed by atoms with van der Waals surface area (Å²) in [7, 11) is 0. The van der Waals surface area contributed by atoms with E-state index in [1.54, 1.807) is 11.8 Å². The first kappa shape index (κ1) is 13.9. The topological polar surface area (TPSA) is 20.2 Å². The predicted molar refractivity (Wildman–Crippen MR) is 74.5 cm³/mol. The van der Waals surface area contributed by atoms with Gasteiger partial charge in [0.25, 0.3) is 0 Å². The fraction of sp³-hybridized carbons (Fsp3) is 0.538. The quantitative estimate of drug-likeness (QED) is 0.803. The number of hydrogen-bond donors (Lipinski definition) is 1. The van der Waals surface area contributed by atoms with E-state index in [9.17, 15) is 5.11 Å². The highest BCUT2D eigenvalue weighted by molar-refractivity contribution is 8.00. The van der Waals surface area contributed by atoms with Gasteiger partial charge < -0.3 is 5.11 Å². The molecule has 3 heteroatoms. The number of aliphatic hydroxyl groups is 1. The van der Waals surface area contributed by atoms with E-state index >= 15 is 0 Å². The van der Waals surface area contributed by atoms with Crippen LogP contribution < -0.4 is 0 Å². The van der Waals surface area contributed by atoms with Crippen molar-refractivity contribution in [2.24, 2.45) is 0 Å². The van der Waals surface area contributed by atoms with E-state index in [-0.39, 0.29) is 11.4 Å². The second-order valence-electron chi connectivity index (χ2n) is 4.66. The van der Waals surface area contributed by atoms with Crippen LogP contribution in [0.25, 0.3) is 0 Å². The Balaban J connectivity index is 2.64. The molecule has 0 fully saturated rings. The molecule has 0 aliphatic heterocycles. The van der Waals surface area contributed by atoms with Crippen LogP contribution in [0, 0.1) is 0 Å². The van der Waals surface area contributed by atoms with Crippen molar-refractivity contribution in [3.8, 4) is 0 Å². The van der Waals surface area contributed by atoms with Crippen LogP contribution in [-0.4, -0.2) is 21.7 Å². The molecule has 90 valence electrons. The third-order valence-electron chi connectivity index (χ3n) is 1.97. The Morgan fingerprint density at radius 2 is 1.62 bits per heavy atom. The Morgan fingerprint density at radius 3 is 2.06 bits per heavy atom. The van der Waals surface area contributed by atoms with Crippen LogP contribution in [0.1, 0.15) is 27.7 Å². The molecule has 0 heterocycles. The Kier molecular flexibility index (Phi) is 5.22. The molecule has 0 aliphatic carbocycles. The number of thioether (sulfide) groups is 2. The lowest BCUT2D eigenvalue weighted by Crippen LogP contribution is -2.19. The molecule has 0 atom stereocenters. The van der Waals surface area contributed by atoms with Gasteiger partial charge in [-0.1, -0.05) is 13.8 Å². The van der Waals surface area contributed by atoms with Gasteiger partial charge in [0, 0.05) is 19.8 Å². The molecule has 0 bridgehead atoms. The van der Waals surface area contributed by atoms with Crippen LogP contribution in [0.5, 0.6) is 0 Å². The van der Waals surface area contributed by atoms with Crippen LogP contribution in [0.3, 0.4) is 0 Å². The minimum Gasteiger partial charge on any atom is -0.395 e. The molecule has 0 saturated carbocycles. The van der Waals surface area contributed by atoms with E-state index in [0.29, 0.717) is 5.25 Å². The van der Waals surface area contributed by atoms with E-state index in [0.717, 1.165) is 0 Å². The van der Waals surface area contributed by atoms with Crippen LogP contribution >= 0.6 is 23.5 Å². The number of benzene rings is 1. The predicted octanol–water partition coefficient (Wildman–Crippen LogP) is 4.05. The Labute approximate surface area is 107 Å². The van der Waals surface area contributed by atoms with Gasteiger partial charge in [0.1, 0.15) is 0 Å². The second-order valence-corrected chi connectivity index (χ2v) is 8.09. The third kappa shape index (κ3) is 4.81. The summed E-state index contributed by atoms with van der Waals surface area (Å²) in [5.41, 5.74) is 0. The van der Waals surface area contributed by atoms with Crippen molar-refractivity contribution in [3.63, 3.8) is 0 Å². The molecule has 1 nitrogen and oxygen atoms in total. The molecule has 16 heavy (non-hydrogen) atoms. The molecule has 1 aromatic carbocycles. The van der Waals surface area contributed by atoms with Gasteiger partial charge in [-0.2, -0.15) is 0 Å². The molecule has 1 aromatic rings. The first-order valence-corrected chi connectivity index (χ1v) is 7.19. The molecule has 0 spiro atoms. The molecule has 1 N–H and O–H groups in total. The van der Waals surface area contributed by atoms with Gasteiger partial charge >= 0.3 is 0 Å². The molecule has 0 aliphatic rings. The monoisotopic (exact) mass is 256 g/mol. The summed E-state index contributed by atoms with van der Waals surface area (Å²) in [6.07, 6.45) is 0. The van der Waals surface area contributed by atoms with Gasteiger partial charge in [-0.05, 0) is 38.1 Å². The lowest BCUT2D eigenvalue weighted by molar-refractivity contribution is 0.265. The fourth-order valence-electron chi connectivity index (χ4n) is 1.21. The number of aliphatic hydroxyl groups excluding tert-OH is 1. The van der Waals surface area contributed by atoms with Crippen LogP contribution in [0.15, 0.2) is 34.1 Å². The summed E-state index contributed by atoms with van der Waals surface area (Å²) in [5, 5.41) is 9.82.